The average Bonchev–Trinajstić information content (AvgIpc) is 3.35. The predicted molar refractivity (Wildman–Crippen MR) is 98.1 cm³/mol. The molecule has 134 valence electrons. The smallest absolute Gasteiger partial charge is 0.246 e. The van der Waals surface area contributed by atoms with E-state index in [4.69, 9.17) is 8.94 Å². The molecule has 3 rings (SSSR count). The van der Waals surface area contributed by atoms with E-state index >= 15 is 0 Å². The van der Waals surface area contributed by atoms with Gasteiger partial charge in [0.15, 0.2) is 5.76 Å². The topological polar surface area (TPSA) is 72.4 Å². The van der Waals surface area contributed by atoms with Crippen LogP contribution in [-0.2, 0) is 11.2 Å². The highest BCUT2D eigenvalue weighted by Gasteiger charge is 2.14. The quantitative estimate of drug-likeness (QED) is 0.577. The molecule has 0 spiro atoms. The molecule has 0 aliphatic heterocycles. The van der Waals surface area contributed by atoms with E-state index in [0.717, 1.165) is 12.0 Å². The maximum atomic E-state index is 12.5. The van der Waals surface area contributed by atoms with Crippen molar-refractivity contribution in [1.82, 2.24) is 15.0 Å². The van der Waals surface area contributed by atoms with Gasteiger partial charge in [0.2, 0.25) is 17.6 Å². The first kappa shape index (κ1) is 17.7. The number of hydrogen-bond acceptors (Lipinski definition) is 5. The molecule has 0 fully saturated rings. The van der Waals surface area contributed by atoms with Gasteiger partial charge in [-0.2, -0.15) is 4.98 Å². The lowest BCUT2D eigenvalue weighted by Crippen LogP contribution is -2.32. The molecule has 3 aromatic rings. The van der Waals surface area contributed by atoms with Crippen LogP contribution >= 0.6 is 0 Å². The summed E-state index contributed by atoms with van der Waals surface area (Å²) in [5, 5.41) is 3.91. The van der Waals surface area contributed by atoms with Crippen molar-refractivity contribution in [2.24, 2.45) is 0 Å². The van der Waals surface area contributed by atoms with Crippen molar-refractivity contribution in [3.05, 3.63) is 66.3 Å². The number of benzene rings is 1. The molecule has 0 atom stereocenters. The van der Waals surface area contributed by atoms with Gasteiger partial charge < -0.3 is 13.8 Å². The van der Waals surface area contributed by atoms with Crippen molar-refractivity contribution in [2.75, 3.05) is 13.1 Å². The van der Waals surface area contributed by atoms with Crippen LogP contribution in [0.4, 0.5) is 0 Å². The van der Waals surface area contributed by atoms with Gasteiger partial charge in [-0.3, -0.25) is 4.79 Å². The Labute approximate surface area is 152 Å². The molecule has 0 N–H and O–H groups in total. The molecule has 0 aliphatic rings. The molecule has 2 heterocycles. The Morgan fingerprint density at radius 2 is 2.00 bits per heavy atom. The highest BCUT2D eigenvalue weighted by molar-refractivity contribution is 5.91. The summed E-state index contributed by atoms with van der Waals surface area (Å²) in [6.07, 6.45) is 6.37. The van der Waals surface area contributed by atoms with Gasteiger partial charge in [-0.05, 0) is 30.2 Å². The van der Waals surface area contributed by atoms with Crippen molar-refractivity contribution in [2.45, 2.75) is 19.8 Å². The lowest BCUT2D eigenvalue weighted by molar-refractivity contribution is -0.126. The van der Waals surface area contributed by atoms with Gasteiger partial charge in [0.1, 0.15) is 0 Å². The monoisotopic (exact) mass is 351 g/mol. The summed E-state index contributed by atoms with van der Waals surface area (Å²) in [4.78, 5) is 18.6. The Bertz CT molecular complexity index is 838. The number of carbonyl (C=O) groups excluding carboxylic acids is 1. The summed E-state index contributed by atoms with van der Waals surface area (Å²) in [7, 11) is 0. The van der Waals surface area contributed by atoms with Gasteiger partial charge in [-0.1, -0.05) is 42.4 Å². The largest absolute Gasteiger partial charge is 0.461 e. The first-order valence-electron chi connectivity index (χ1n) is 8.64. The molecule has 0 aliphatic carbocycles. The van der Waals surface area contributed by atoms with Gasteiger partial charge in [0.25, 0.3) is 0 Å². The summed E-state index contributed by atoms with van der Waals surface area (Å²) >= 11 is 0. The molecule has 26 heavy (non-hydrogen) atoms. The van der Waals surface area contributed by atoms with Crippen molar-refractivity contribution in [3.8, 4) is 11.6 Å². The molecule has 1 amide bonds. The van der Waals surface area contributed by atoms with Crippen molar-refractivity contribution in [1.29, 1.82) is 0 Å². The minimum absolute atomic E-state index is 0.0264. The second-order valence-corrected chi connectivity index (χ2v) is 5.81. The highest BCUT2D eigenvalue weighted by atomic mass is 16.5. The number of nitrogens with zero attached hydrogens (tertiary/aromatic N) is 3. The third-order valence-corrected chi connectivity index (χ3v) is 3.83. The van der Waals surface area contributed by atoms with Crippen molar-refractivity contribution >= 4 is 12.0 Å². The van der Waals surface area contributed by atoms with Crippen molar-refractivity contribution in [3.63, 3.8) is 0 Å². The zero-order valence-corrected chi connectivity index (χ0v) is 14.7. The van der Waals surface area contributed by atoms with Gasteiger partial charge in [-0.15, -0.1) is 0 Å². The molecule has 0 saturated heterocycles. The number of hydrogen-bond donors (Lipinski definition) is 0. The van der Waals surface area contributed by atoms with E-state index < -0.39 is 0 Å². The molecular weight excluding hydrogens is 330 g/mol. The first-order chi connectivity index (χ1) is 12.8. The predicted octanol–water partition coefficient (Wildman–Crippen LogP) is 3.82. The third kappa shape index (κ3) is 4.69. The standard InChI is InChI=1S/C20H21N3O3/c1-2-13-23(19(24)11-10-16-7-4-3-5-8-16)14-12-18-21-20(22-26-18)17-9-6-15-25-17/h3-11,15H,2,12-14H2,1H3. The summed E-state index contributed by atoms with van der Waals surface area (Å²) in [6, 6.07) is 13.3. The van der Waals surface area contributed by atoms with Crippen LogP contribution in [-0.4, -0.2) is 34.0 Å². The first-order valence-corrected chi connectivity index (χ1v) is 8.64. The Hall–Kier alpha value is -3.15. The van der Waals surface area contributed by atoms with Crippen LogP contribution in [0.5, 0.6) is 0 Å². The normalized spacial score (nSPS) is 11.1. The number of carbonyl (C=O) groups is 1. The fraction of sp³-hybridized carbons (Fsp3) is 0.250. The van der Waals surface area contributed by atoms with E-state index in [1.807, 2.05) is 43.3 Å². The van der Waals surface area contributed by atoms with Gasteiger partial charge >= 0.3 is 0 Å². The van der Waals surface area contributed by atoms with E-state index in [-0.39, 0.29) is 5.91 Å². The van der Waals surface area contributed by atoms with Crippen LogP contribution < -0.4 is 0 Å². The van der Waals surface area contributed by atoms with E-state index in [1.54, 1.807) is 29.4 Å². The van der Waals surface area contributed by atoms with Crippen LogP contribution in [0.2, 0.25) is 0 Å². The molecule has 0 unspecified atom stereocenters. The molecule has 0 bridgehead atoms. The molecule has 6 nitrogen and oxygen atoms in total. The Morgan fingerprint density at radius 3 is 2.73 bits per heavy atom. The van der Waals surface area contributed by atoms with E-state index in [9.17, 15) is 4.79 Å². The Balaban J connectivity index is 1.59. The van der Waals surface area contributed by atoms with Gasteiger partial charge in [-0.25, -0.2) is 0 Å². The molecule has 2 aromatic heterocycles. The number of furan rings is 1. The van der Waals surface area contributed by atoms with Crippen LogP contribution in [0.1, 0.15) is 24.8 Å². The second kappa shape index (κ2) is 8.80. The minimum Gasteiger partial charge on any atom is -0.461 e. The van der Waals surface area contributed by atoms with Gasteiger partial charge in [0, 0.05) is 25.6 Å². The molecule has 6 heteroatoms. The number of rotatable bonds is 8. The van der Waals surface area contributed by atoms with Crippen LogP contribution in [0.25, 0.3) is 17.7 Å². The Kier molecular flexibility index (Phi) is 5.98. The highest BCUT2D eigenvalue weighted by Crippen LogP contribution is 2.16. The molecule has 0 saturated carbocycles. The number of amides is 1. The van der Waals surface area contributed by atoms with E-state index in [1.165, 1.54) is 0 Å². The molecule has 1 aromatic carbocycles. The Morgan fingerprint density at radius 1 is 1.15 bits per heavy atom. The zero-order valence-electron chi connectivity index (χ0n) is 14.7. The minimum atomic E-state index is -0.0264. The lowest BCUT2D eigenvalue weighted by atomic mass is 10.2. The fourth-order valence-corrected chi connectivity index (χ4v) is 2.53. The molecular formula is C20H21N3O3. The average molecular weight is 351 g/mol. The zero-order chi connectivity index (χ0) is 18.2. The molecule has 0 radical (unpaired) electrons. The lowest BCUT2D eigenvalue weighted by Gasteiger charge is -2.19. The second-order valence-electron chi connectivity index (χ2n) is 5.81. The maximum absolute atomic E-state index is 12.5. The fourth-order valence-electron chi connectivity index (χ4n) is 2.53. The number of aromatic nitrogens is 2. The summed E-state index contributed by atoms with van der Waals surface area (Å²) < 4.78 is 10.5. The van der Waals surface area contributed by atoms with E-state index in [2.05, 4.69) is 10.1 Å². The summed E-state index contributed by atoms with van der Waals surface area (Å²) in [6.45, 7) is 3.24. The third-order valence-electron chi connectivity index (χ3n) is 3.83. The van der Waals surface area contributed by atoms with Crippen LogP contribution in [0, 0.1) is 0 Å². The SMILES string of the molecule is CCCN(CCc1nc(-c2ccco2)no1)C(=O)C=Cc1ccccc1. The summed E-state index contributed by atoms with van der Waals surface area (Å²) in [5.41, 5.74) is 0.997. The van der Waals surface area contributed by atoms with Crippen LogP contribution in [0.15, 0.2) is 63.7 Å². The van der Waals surface area contributed by atoms with Gasteiger partial charge in [0.05, 0.1) is 6.26 Å². The summed E-state index contributed by atoms with van der Waals surface area (Å²) in [5.74, 6) is 1.44. The van der Waals surface area contributed by atoms with E-state index in [0.29, 0.717) is 37.0 Å². The van der Waals surface area contributed by atoms with Crippen LogP contribution in [0.3, 0.4) is 0 Å². The maximum Gasteiger partial charge on any atom is 0.246 e. The van der Waals surface area contributed by atoms with Crippen molar-refractivity contribution < 1.29 is 13.7 Å².